The van der Waals surface area contributed by atoms with E-state index in [0.717, 1.165) is 45.9 Å². The van der Waals surface area contributed by atoms with Crippen LogP contribution in [0.4, 0.5) is 5.69 Å². The first-order valence-corrected chi connectivity index (χ1v) is 12.6. The molecule has 5 rings (SSSR count). The van der Waals surface area contributed by atoms with Crippen molar-refractivity contribution in [3.63, 3.8) is 0 Å². The average Bonchev–Trinajstić information content (AvgIpc) is 3.63. The molecule has 3 N–H and O–H groups in total. The predicted octanol–water partition coefficient (Wildman–Crippen LogP) is 4.83. The summed E-state index contributed by atoms with van der Waals surface area (Å²) in [5, 5.41) is 17.3. The third kappa shape index (κ3) is 6.22. The molecule has 0 radical (unpaired) electrons. The Hall–Kier alpha value is -3.33. The summed E-state index contributed by atoms with van der Waals surface area (Å²) in [7, 11) is 0. The van der Waals surface area contributed by atoms with Gasteiger partial charge < -0.3 is 15.2 Å². The number of benzene rings is 2. The van der Waals surface area contributed by atoms with Gasteiger partial charge in [-0.1, -0.05) is 47.7 Å². The zero-order chi connectivity index (χ0) is 24.2. The highest BCUT2D eigenvalue weighted by atomic mass is 32.1. The van der Waals surface area contributed by atoms with Gasteiger partial charge in [-0.3, -0.25) is 10.1 Å². The number of carbonyl (C=O) groups excluding carboxylic acids is 1. The minimum Gasteiger partial charge on any atom is -0.439 e. The summed E-state index contributed by atoms with van der Waals surface area (Å²) >= 11 is 1.44. The number of anilines is 1. The van der Waals surface area contributed by atoms with Crippen LogP contribution in [0.5, 0.6) is 11.6 Å². The third-order valence-corrected chi connectivity index (χ3v) is 6.90. The normalized spacial score (nSPS) is 14.1. The number of nitrogens with zero attached hydrogens (tertiary/aromatic N) is 2. The summed E-state index contributed by atoms with van der Waals surface area (Å²) in [6.45, 7) is 2.60. The second-order valence-electron chi connectivity index (χ2n) is 8.82. The molecule has 1 aliphatic carbocycles. The molecule has 0 aliphatic heterocycles. The van der Waals surface area contributed by atoms with Crippen LogP contribution in [0.2, 0.25) is 0 Å². The first kappa shape index (κ1) is 23.4. The Kier molecular flexibility index (Phi) is 7.03. The number of nitrogens with one attached hydrogen (secondary N) is 2. The van der Waals surface area contributed by atoms with Crippen LogP contribution in [-0.4, -0.2) is 33.8 Å². The van der Waals surface area contributed by atoms with Crippen LogP contribution in [0.3, 0.4) is 0 Å². The van der Waals surface area contributed by atoms with E-state index in [2.05, 4.69) is 32.7 Å². The number of rotatable bonds is 11. The lowest BCUT2D eigenvalue weighted by molar-refractivity contribution is -0.119. The lowest BCUT2D eigenvalue weighted by Crippen LogP contribution is -2.37. The molecule has 1 aliphatic rings. The molecule has 8 heteroatoms. The SMILES string of the molecule is Cc1ccc(NC(O)NCCc2ccccc2)cc1Oc1ccc2nc(CC(=O)C3CC3)sc2n1. The summed E-state index contributed by atoms with van der Waals surface area (Å²) in [5.74, 6) is 1.61. The first-order chi connectivity index (χ1) is 17.0. The Bertz CT molecular complexity index is 1320. The van der Waals surface area contributed by atoms with E-state index < -0.39 is 6.35 Å². The van der Waals surface area contributed by atoms with E-state index in [1.807, 2.05) is 49.4 Å². The van der Waals surface area contributed by atoms with Gasteiger partial charge in [0.25, 0.3) is 0 Å². The molecule has 1 fully saturated rings. The highest BCUT2D eigenvalue weighted by molar-refractivity contribution is 7.18. The molecule has 2 aromatic heterocycles. The number of aliphatic hydroxyl groups is 1. The lowest BCUT2D eigenvalue weighted by Gasteiger charge is -2.17. The van der Waals surface area contributed by atoms with E-state index in [0.29, 0.717) is 24.6 Å². The van der Waals surface area contributed by atoms with E-state index in [-0.39, 0.29) is 11.7 Å². The molecule has 1 atom stereocenters. The average molecular weight is 489 g/mol. The zero-order valence-corrected chi connectivity index (χ0v) is 20.3. The Morgan fingerprint density at radius 3 is 2.77 bits per heavy atom. The van der Waals surface area contributed by atoms with Gasteiger partial charge in [0.05, 0.1) is 6.42 Å². The maximum absolute atomic E-state index is 12.1. The number of fused-ring (bicyclic) bond motifs is 1. The molecule has 0 bridgehead atoms. The van der Waals surface area contributed by atoms with Crippen molar-refractivity contribution in [3.8, 4) is 11.6 Å². The molecular formula is C27H28N4O3S. The van der Waals surface area contributed by atoms with E-state index >= 15 is 0 Å². The molecule has 0 saturated heterocycles. The molecule has 4 aromatic rings. The number of ether oxygens (including phenoxy) is 1. The number of aryl methyl sites for hydroxylation is 1. The summed E-state index contributed by atoms with van der Waals surface area (Å²) in [6.07, 6.45) is 2.33. The number of hydrogen-bond acceptors (Lipinski definition) is 8. The van der Waals surface area contributed by atoms with Crippen LogP contribution in [0.15, 0.2) is 60.7 Å². The molecule has 35 heavy (non-hydrogen) atoms. The number of Topliss-reactive ketones (excluding diaryl/α,β-unsaturated/α-hetero) is 1. The minimum absolute atomic E-state index is 0.232. The number of carbonyl (C=O) groups is 1. The van der Waals surface area contributed by atoms with Crippen molar-refractivity contribution in [2.75, 3.05) is 11.9 Å². The maximum atomic E-state index is 12.1. The van der Waals surface area contributed by atoms with Crippen molar-refractivity contribution in [1.29, 1.82) is 0 Å². The van der Waals surface area contributed by atoms with E-state index in [1.54, 1.807) is 6.07 Å². The van der Waals surface area contributed by atoms with Gasteiger partial charge in [-0.05, 0) is 49.4 Å². The van der Waals surface area contributed by atoms with Gasteiger partial charge in [-0.15, -0.1) is 0 Å². The maximum Gasteiger partial charge on any atom is 0.220 e. The molecule has 1 saturated carbocycles. The van der Waals surface area contributed by atoms with E-state index in [4.69, 9.17) is 4.74 Å². The largest absolute Gasteiger partial charge is 0.439 e. The Labute approximate surface area is 208 Å². The van der Waals surface area contributed by atoms with Gasteiger partial charge in [-0.25, -0.2) is 9.97 Å². The Balaban J connectivity index is 1.20. The fourth-order valence-electron chi connectivity index (χ4n) is 3.80. The molecule has 2 aromatic carbocycles. The molecular weight excluding hydrogens is 460 g/mol. The molecule has 2 heterocycles. The van der Waals surface area contributed by atoms with Crippen LogP contribution in [0.1, 0.15) is 29.0 Å². The zero-order valence-electron chi connectivity index (χ0n) is 19.5. The number of aliphatic hydroxyl groups excluding tert-OH is 1. The van der Waals surface area contributed by atoms with Gasteiger partial charge in [0, 0.05) is 30.3 Å². The monoisotopic (exact) mass is 488 g/mol. The van der Waals surface area contributed by atoms with Crippen LogP contribution in [-0.2, 0) is 17.6 Å². The second-order valence-corrected chi connectivity index (χ2v) is 9.88. The van der Waals surface area contributed by atoms with Gasteiger partial charge in [-0.2, -0.15) is 0 Å². The van der Waals surface area contributed by atoms with Crippen molar-refractivity contribution < 1.29 is 14.6 Å². The first-order valence-electron chi connectivity index (χ1n) is 11.8. The van der Waals surface area contributed by atoms with Crippen LogP contribution in [0, 0.1) is 12.8 Å². The van der Waals surface area contributed by atoms with Gasteiger partial charge in [0.2, 0.25) is 5.88 Å². The standard InChI is InChI=1S/C27H28N4O3S/c1-17-7-10-20(29-27(33)28-14-13-18-5-3-2-4-6-18)15-23(17)34-24-12-11-21-26(31-24)35-25(30-21)16-22(32)19-8-9-19/h2-7,10-12,15,19,27-29,33H,8-9,13-14,16H2,1H3. The molecule has 0 spiro atoms. The van der Waals surface area contributed by atoms with E-state index in [9.17, 15) is 9.90 Å². The molecule has 180 valence electrons. The second kappa shape index (κ2) is 10.5. The summed E-state index contributed by atoms with van der Waals surface area (Å²) in [4.78, 5) is 22.0. The number of ketones is 1. The van der Waals surface area contributed by atoms with E-state index in [1.165, 1.54) is 16.9 Å². The quantitative estimate of drug-likeness (QED) is 0.260. The van der Waals surface area contributed by atoms with Gasteiger partial charge in [0.15, 0.2) is 6.35 Å². The predicted molar refractivity (Wildman–Crippen MR) is 138 cm³/mol. The van der Waals surface area contributed by atoms with Crippen molar-refractivity contribution in [3.05, 3.63) is 76.8 Å². The van der Waals surface area contributed by atoms with Crippen molar-refractivity contribution >= 4 is 33.2 Å². The molecule has 1 unspecified atom stereocenters. The molecule has 7 nitrogen and oxygen atoms in total. The highest BCUT2D eigenvalue weighted by Crippen LogP contribution is 2.33. The topological polar surface area (TPSA) is 96.4 Å². The smallest absolute Gasteiger partial charge is 0.220 e. The fourth-order valence-corrected chi connectivity index (χ4v) is 4.73. The minimum atomic E-state index is -0.891. The Morgan fingerprint density at radius 1 is 1.14 bits per heavy atom. The van der Waals surface area contributed by atoms with Gasteiger partial charge >= 0.3 is 0 Å². The number of pyridine rings is 1. The number of hydrogen-bond donors (Lipinski definition) is 3. The van der Waals surface area contributed by atoms with Gasteiger partial charge in [0.1, 0.15) is 26.9 Å². The van der Waals surface area contributed by atoms with Crippen molar-refractivity contribution in [2.24, 2.45) is 5.92 Å². The van der Waals surface area contributed by atoms with Crippen LogP contribution in [0.25, 0.3) is 10.3 Å². The van der Waals surface area contributed by atoms with Crippen LogP contribution >= 0.6 is 11.3 Å². The summed E-state index contributed by atoms with van der Waals surface area (Å²) < 4.78 is 6.08. The number of aromatic nitrogens is 2. The fraction of sp³-hybridized carbons (Fsp3) is 0.296. The summed E-state index contributed by atoms with van der Waals surface area (Å²) in [5.41, 5.74) is 3.66. The highest BCUT2D eigenvalue weighted by Gasteiger charge is 2.29. The van der Waals surface area contributed by atoms with Crippen molar-refractivity contribution in [2.45, 2.75) is 39.0 Å². The third-order valence-electron chi connectivity index (χ3n) is 5.93. The number of thiazole rings is 1. The summed E-state index contributed by atoms with van der Waals surface area (Å²) in [6, 6.07) is 19.5. The lowest BCUT2D eigenvalue weighted by atomic mass is 10.1. The Morgan fingerprint density at radius 2 is 1.97 bits per heavy atom. The van der Waals surface area contributed by atoms with Crippen LogP contribution < -0.4 is 15.4 Å². The van der Waals surface area contributed by atoms with Crippen molar-refractivity contribution in [1.82, 2.24) is 15.3 Å². The molecule has 0 amide bonds.